The van der Waals surface area contributed by atoms with E-state index in [0.29, 0.717) is 29.7 Å². The van der Waals surface area contributed by atoms with Gasteiger partial charge in [-0.1, -0.05) is 35.3 Å². The van der Waals surface area contributed by atoms with Crippen molar-refractivity contribution in [1.29, 1.82) is 0 Å². The molecule has 2 rings (SSSR count). The third-order valence-corrected chi connectivity index (χ3v) is 3.68. The molecule has 0 bridgehead atoms. The second-order valence-corrected chi connectivity index (χ2v) is 5.62. The Kier molecular flexibility index (Phi) is 6.37. The molecule has 3 nitrogen and oxygen atoms in total. The van der Waals surface area contributed by atoms with Gasteiger partial charge in [-0.25, -0.2) is 0 Å². The summed E-state index contributed by atoms with van der Waals surface area (Å²) in [5, 5.41) is 4.67. The lowest BCUT2D eigenvalue weighted by Crippen LogP contribution is -2.13. The predicted molar refractivity (Wildman–Crippen MR) is 91.2 cm³/mol. The number of ether oxygens (including phenoxy) is 2. The molecule has 0 amide bonds. The van der Waals surface area contributed by atoms with Crippen molar-refractivity contribution in [2.45, 2.75) is 20.0 Å². The van der Waals surface area contributed by atoms with Gasteiger partial charge in [-0.2, -0.15) is 0 Å². The smallest absolute Gasteiger partial charge is 0.179 e. The molecule has 0 saturated heterocycles. The van der Waals surface area contributed by atoms with E-state index in [-0.39, 0.29) is 0 Å². The van der Waals surface area contributed by atoms with E-state index in [1.54, 1.807) is 7.11 Å². The maximum atomic E-state index is 6.24. The molecule has 0 heterocycles. The van der Waals surface area contributed by atoms with E-state index in [9.17, 15) is 0 Å². The summed E-state index contributed by atoms with van der Waals surface area (Å²) in [6.45, 7) is 3.93. The van der Waals surface area contributed by atoms with Crippen molar-refractivity contribution < 1.29 is 9.47 Å². The Morgan fingerprint density at radius 2 is 1.68 bits per heavy atom. The highest BCUT2D eigenvalue weighted by Gasteiger charge is 2.11. The number of hydrogen-bond acceptors (Lipinski definition) is 3. The second-order valence-electron chi connectivity index (χ2n) is 4.77. The van der Waals surface area contributed by atoms with Crippen LogP contribution in [0.1, 0.15) is 18.1 Å². The van der Waals surface area contributed by atoms with Crippen LogP contribution in [0.2, 0.25) is 10.0 Å². The minimum Gasteiger partial charge on any atom is -0.491 e. The molecule has 0 radical (unpaired) electrons. The van der Waals surface area contributed by atoms with E-state index in [0.717, 1.165) is 17.1 Å². The summed E-state index contributed by atoms with van der Waals surface area (Å²) < 4.78 is 10.9. The first-order chi connectivity index (χ1) is 10.6. The minimum atomic E-state index is 0.553. The highest BCUT2D eigenvalue weighted by molar-refractivity contribution is 6.32. The molecule has 0 aliphatic heterocycles. The zero-order valence-electron chi connectivity index (χ0n) is 12.7. The third-order valence-electron chi connectivity index (χ3n) is 3.14. The summed E-state index contributed by atoms with van der Waals surface area (Å²) in [6, 6.07) is 11.6. The van der Waals surface area contributed by atoms with Gasteiger partial charge in [-0.3, -0.25) is 0 Å². The Hall–Kier alpha value is -1.42. The van der Waals surface area contributed by atoms with Crippen LogP contribution in [0, 0.1) is 0 Å². The van der Waals surface area contributed by atoms with Crippen molar-refractivity contribution in [3.63, 3.8) is 0 Å². The average molecular weight is 340 g/mol. The van der Waals surface area contributed by atoms with Crippen molar-refractivity contribution in [1.82, 2.24) is 5.32 Å². The fourth-order valence-electron chi connectivity index (χ4n) is 2.14. The largest absolute Gasteiger partial charge is 0.491 e. The number of halogens is 2. The molecule has 0 atom stereocenters. The van der Waals surface area contributed by atoms with Crippen molar-refractivity contribution in [3.8, 4) is 11.5 Å². The zero-order valence-corrected chi connectivity index (χ0v) is 14.2. The van der Waals surface area contributed by atoms with Crippen LogP contribution >= 0.6 is 23.2 Å². The number of nitrogens with one attached hydrogen (secondary N) is 1. The number of rotatable bonds is 7. The molecule has 0 fully saturated rings. The first-order valence-corrected chi connectivity index (χ1v) is 7.84. The molecule has 118 valence electrons. The monoisotopic (exact) mass is 339 g/mol. The molecule has 0 spiro atoms. The Labute approximate surface area is 141 Å². The number of benzene rings is 2. The van der Waals surface area contributed by atoms with Crippen LogP contribution in [0.15, 0.2) is 36.4 Å². The maximum Gasteiger partial charge on any atom is 0.179 e. The molecule has 0 aliphatic rings. The van der Waals surface area contributed by atoms with Gasteiger partial charge in [0.15, 0.2) is 11.5 Å². The number of hydrogen-bond donors (Lipinski definition) is 1. The molecular formula is C17H19Cl2NO2. The summed E-state index contributed by atoms with van der Waals surface area (Å²) >= 11 is 12.1. The number of methoxy groups -OCH3 is 1. The lowest BCUT2D eigenvalue weighted by molar-refractivity contribution is 0.310. The van der Waals surface area contributed by atoms with Crippen molar-refractivity contribution in [3.05, 3.63) is 57.6 Å². The summed E-state index contributed by atoms with van der Waals surface area (Å²) in [5.74, 6) is 1.24. The van der Waals surface area contributed by atoms with Gasteiger partial charge in [0.1, 0.15) is 0 Å². The van der Waals surface area contributed by atoms with Crippen LogP contribution < -0.4 is 14.8 Å². The van der Waals surface area contributed by atoms with Crippen molar-refractivity contribution >= 4 is 23.2 Å². The second kappa shape index (κ2) is 8.28. The summed E-state index contributed by atoms with van der Waals surface area (Å²) in [5.41, 5.74) is 2.22. The molecule has 0 aliphatic carbocycles. The molecule has 0 aromatic heterocycles. The summed E-state index contributed by atoms with van der Waals surface area (Å²) in [7, 11) is 1.59. The fraction of sp³-hybridized carbons (Fsp3) is 0.294. The quantitative estimate of drug-likeness (QED) is 0.793. The zero-order chi connectivity index (χ0) is 15.9. The van der Waals surface area contributed by atoms with Gasteiger partial charge < -0.3 is 14.8 Å². The van der Waals surface area contributed by atoms with Crippen LogP contribution in [0.4, 0.5) is 0 Å². The molecule has 0 unspecified atom stereocenters. The molecule has 2 aromatic carbocycles. The fourth-order valence-corrected chi connectivity index (χ4v) is 2.57. The van der Waals surface area contributed by atoms with Gasteiger partial charge >= 0.3 is 0 Å². The standard InChI is InChI=1S/C17H19Cl2NO2/c1-3-22-16-9-13(8-15(19)17(16)21-2)11-20-10-12-4-6-14(18)7-5-12/h4-9,20H,3,10-11H2,1-2H3. The van der Waals surface area contributed by atoms with Gasteiger partial charge in [0.05, 0.1) is 18.7 Å². The van der Waals surface area contributed by atoms with Gasteiger partial charge in [0.2, 0.25) is 0 Å². The van der Waals surface area contributed by atoms with Gasteiger partial charge in [0, 0.05) is 18.1 Å². The lowest BCUT2D eigenvalue weighted by atomic mass is 10.2. The molecule has 1 N–H and O–H groups in total. The van der Waals surface area contributed by atoms with Crippen molar-refractivity contribution in [2.24, 2.45) is 0 Å². The first kappa shape index (κ1) is 16.9. The summed E-state index contributed by atoms with van der Waals surface area (Å²) in [6.07, 6.45) is 0. The molecule has 2 aromatic rings. The minimum absolute atomic E-state index is 0.553. The molecular weight excluding hydrogens is 321 g/mol. The van der Waals surface area contributed by atoms with E-state index in [1.165, 1.54) is 5.56 Å². The lowest BCUT2D eigenvalue weighted by Gasteiger charge is -2.13. The van der Waals surface area contributed by atoms with E-state index in [4.69, 9.17) is 32.7 Å². The van der Waals surface area contributed by atoms with Crippen LogP contribution in [0.25, 0.3) is 0 Å². The Bertz CT molecular complexity index is 615. The van der Waals surface area contributed by atoms with E-state index in [1.807, 2.05) is 43.3 Å². The molecule has 5 heteroatoms. The Balaban J connectivity index is 2.01. The third kappa shape index (κ3) is 4.54. The van der Waals surface area contributed by atoms with Gasteiger partial charge in [-0.05, 0) is 42.3 Å². The van der Waals surface area contributed by atoms with Gasteiger partial charge in [-0.15, -0.1) is 0 Å². The average Bonchev–Trinajstić information content (AvgIpc) is 2.49. The van der Waals surface area contributed by atoms with Crippen LogP contribution in [-0.2, 0) is 13.1 Å². The first-order valence-electron chi connectivity index (χ1n) is 7.08. The van der Waals surface area contributed by atoms with Crippen LogP contribution in [0.3, 0.4) is 0 Å². The topological polar surface area (TPSA) is 30.5 Å². The maximum absolute atomic E-state index is 6.24. The van der Waals surface area contributed by atoms with E-state index >= 15 is 0 Å². The predicted octanol–water partition coefficient (Wildman–Crippen LogP) is 4.69. The SMILES string of the molecule is CCOc1cc(CNCc2ccc(Cl)cc2)cc(Cl)c1OC. The van der Waals surface area contributed by atoms with Crippen LogP contribution in [-0.4, -0.2) is 13.7 Å². The van der Waals surface area contributed by atoms with Gasteiger partial charge in [0.25, 0.3) is 0 Å². The Morgan fingerprint density at radius 3 is 2.32 bits per heavy atom. The highest BCUT2D eigenvalue weighted by Crippen LogP contribution is 2.36. The van der Waals surface area contributed by atoms with Crippen molar-refractivity contribution in [2.75, 3.05) is 13.7 Å². The normalized spacial score (nSPS) is 10.5. The van der Waals surface area contributed by atoms with E-state index < -0.39 is 0 Å². The summed E-state index contributed by atoms with van der Waals surface area (Å²) in [4.78, 5) is 0. The molecule has 0 saturated carbocycles. The Morgan fingerprint density at radius 1 is 1.00 bits per heavy atom. The molecule has 22 heavy (non-hydrogen) atoms. The highest BCUT2D eigenvalue weighted by atomic mass is 35.5. The van der Waals surface area contributed by atoms with E-state index in [2.05, 4.69) is 5.32 Å². The van der Waals surface area contributed by atoms with Crippen LogP contribution in [0.5, 0.6) is 11.5 Å².